The van der Waals surface area contributed by atoms with Crippen molar-refractivity contribution in [3.8, 4) is 0 Å². The summed E-state index contributed by atoms with van der Waals surface area (Å²) in [5.41, 5.74) is -1.38. The van der Waals surface area contributed by atoms with Crippen LogP contribution >= 0.6 is 0 Å². The summed E-state index contributed by atoms with van der Waals surface area (Å²) in [5, 5.41) is 43.4. The molecule has 4 heteroatoms. The number of aliphatic hydroxyl groups excluding tert-OH is 2. The molecule has 0 saturated heterocycles. The number of fused-ring (bicyclic) bond motifs is 10. The summed E-state index contributed by atoms with van der Waals surface area (Å²) >= 11 is 0. The maximum absolute atomic E-state index is 11.9. The summed E-state index contributed by atoms with van der Waals surface area (Å²) in [6.07, 6.45) is 7.91. The van der Waals surface area contributed by atoms with E-state index in [2.05, 4.69) is 13.8 Å². The number of hydrogen-bond acceptors (Lipinski definition) is 4. The average molecular weight is 391 g/mol. The number of rotatable bonds is 3. The molecule has 6 aliphatic rings. The van der Waals surface area contributed by atoms with Crippen LogP contribution in [0.1, 0.15) is 71.6 Å². The predicted octanol–water partition coefficient (Wildman–Crippen LogP) is 2.72. The maximum Gasteiger partial charge on any atom is 0.0759 e. The second-order valence-electron chi connectivity index (χ2n) is 12.2. The van der Waals surface area contributed by atoms with E-state index in [9.17, 15) is 20.4 Å². The minimum Gasteiger partial charge on any atom is -0.396 e. The highest BCUT2D eigenvalue weighted by molar-refractivity contribution is 5.29. The third-order valence-electron chi connectivity index (χ3n) is 11.5. The van der Waals surface area contributed by atoms with E-state index in [0.29, 0.717) is 54.3 Å². The molecule has 12 atom stereocenters. The van der Waals surface area contributed by atoms with Crippen molar-refractivity contribution < 1.29 is 20.4 Å². The first-order valence-electron chi connectivity index (χ1n) is 11.9. The van der Waals surface area contributed by atoms with E-state index in [1.165, 1.54) is 6.42 Å². The molecule has 0 amide bonds. The largest absolute Gasteiger partial charge is 0.396 e. The minimum absolute atomic E-state index is 0.0238. The molecule has 6 rings (SSSR count). The lowest BCUT2D eigenvalue weighted by atomic mass is 9.42. The van der Waals surface area contributed by atoms with Gasteiger partial charge in [0.2, 0.25) is 0 Å². The lowest BCUT2D eigenvalue weighted by Gasteiger charge is -2.64. The van der Waals surface area contributed by atoms with E-state index in [1.54, 1.807) is 0 Å². The molecule has 0 aromatic carbocycles. The molecule has 4 nitrogen and oxygen atoms in total. The average Bonchev–Trinajstić information content (AvgIpc) is 3.54. The number of aliphatic hydroxyl groups is 4. The minimum atomic E-state index is -0.682. The highest BCUT2D eigenvalue weighted by Gasteiger charge is 2.80. The molecule has 158 valence electrons. The van der Waals surface area contributed by atoms with Gasteiger partial charge in [0.1, 0.15) is 0 Å². The van der Waals surface area contributed by atoms with Gasteiger partial charge in [-0.05, 0) is 104 Å². The predicted molar refractivity (Wildman–Crippen MR) is 105 cm³/mol. The molecule has 6 fully saturated rings. The molecule has 0 aromatic heterocycles. The fraction of sp³-hybridized carbons (Fsp3) is 1.00. The molecule has 6 saturated carbocycles. The third kappa shape index (κ3) is 1.89. The van der Waals surface area contributed by atoms with Crippen molar-refractivity contribution in [2.45, 2.75) is 88.9 Å². The van der Waals surface area contributed by atoms with Crippen LogP contribution in [0.3, 0.4) is 0 Å². The maximum atomic E-state index is 11.9. The molecule has 0 aliphatic heterocycles. The van der Waals surface area contributed by atoms with Crippen LogP contribution in [0, 0.1) is 52.3 Å². The van der Waals surface area contributed by atoms with E-state index in [-0.39, 0.29) is 23.5 Å². The Kier molecular flexibility index (Phi) is 3.56. The van der Waals surface area contributed by atoms with Gasteiger partial charge in [0.25, 0.3) is 0 Å². The van der Waals surface area contributed by atoms with Gasteiger partial charge in [-0.1, -0.05) is 13.8 Å². The highest BCUT2D eigenvalue weighted by Crippen LogP contribution is 2.82. The molecular weight excluding hydrogens is 352 g/mol. The molecular formula is C24H38O4. The first-order chi connectivity index (χ1) is 13.2. The molecule has 6 aliphatic carbocycles. The third-order valence-corrected chi connectivity index (χ3v) is 11.5. The monoisotopic (exact) mass is 390 g/mol. The smallest absolute Gasteiger partial charge is 0.0759 e. The van der Waals surface area contributed by atoms with Gasteiger partial charge in [-0.25, -0.2) is 0 Å². The van der Waals surface area contributed by atoms with Crippen LogP contribution in [0.2, 0.25) is 0 Å². The van der Waals surface area contributed by atoms with Gasteiger partial charge >= 0.3 is 0 Å². The van der Waals surface area contributed by atoms with Crippen LogP contribution in [-0.2, 0) is 0 Å². The van der Waals surface area contributed by atoms with Gasteiger partial charge in [0, 0.05) is 13.0 Å². The van der Waals surface area contributed by atoms with Crippen molar-refractivity contribution in [2.75, 3.05) is 6.61 Å². The lowest BCUT2D eigenvalue weighted by molar-refractivity contribution is -0.237. The van der Waals surface area contributed by atoms with Gasteiger partial charge in [0.15, 0.2) is 0 Å². The topological polar surface area (TPSA) is 80.9 Å². The van der Waals surface area contributed by atoms with Crippen molar-refractivity contribution >= 4 is 0 Å². The van der Waals surface area contributed by atoms with Crippen LogP contribution < -0.4 is 0 Å². The highest BCUT2D eigenvalue weighted by atomic mass is 16.3. The Morgan fingerprint density at radius 1 is 0.893 bits per heavy atom. The molecule has 8 unspecified atom stereocenters. The van der Waals surface area contributed by atoms with Gasteiger partial charge in [0.05, 0.1) is 17.3 Å². The summed E-state index contributed by atoms with van der Waals surface area (Å²) < 4.78 is 0. The van der Waals surface area contributed by atoms with E-state index >= 15 is 0 Å². The zero-order valence-corrected chi connectivity index (χ0v) is 17.5. The summed E-state index contributed by atoms with van der Waals surface area (Å²) in [4.78, 5) is 0. The Bertz CT molecular complexity index is 696. The van der Waals surface area contributed by atoms with E-state index < -0.39 is 11.2 Å². The van der Waals surface area contributed by atoms with Gasteiger partial charge in [-0.3, -0.25) is 0 Å². The van der Waals surface area contributed by atoms with Crippen molar-refractivity contribution in [3.05, 3.63) is 0 Å². The van der Waals surface area contributed by atoms with Crippen LogP contribution in [0.25, 0.3) is 0 Å². The van der Waals surface area contributed by atoms with Crippen LogP contribution in [0.5, 0.6) is 0 Å². The molecule has 0 aromatic rings. The van der Waals surface area contributed by atoms with Gasteiger partial charge in [-0.2, -0.15) is 0 Å². The SMILES string of the molecule is CC12CCC(O)CC1(O)[C@@H]1C[C@@H]1C1C2CCC2(C)C1C1C[C@@H]1[C@@]2(O)CCCO. The molecule has 28 heavy (non-hydrogen) atoms. The summed E-state index contributed by atoms with van der Waals surface area (Å²) in [5.74, 6) is 3.82. The van der Waals surface area contributed by atoms with E-state index in [0.717, 1.165) is 38.5 Å². The van der Waals surface area contributed by atoms with Crippen LogP contribution in [0.15, 0.2) is 0 Å². The van der Waals surface area contributed by atoms with E-state index in [4.69, 9.17) is 0 Å². The Labute approximate surface area is 168 Å². The van der Waals surface area contributed by atoms with Crippen molar-refractivity contribution in [1.82, 2.24) is 0 Å². The zero-order chi connectivity index (χ0) is 19.7. The molecule has 0 spiro atoms. The fourth-order valence-corrected chi connectivity index (χ4v) is 10.1. The van der Waals surface area contributed by atoms with Gasteiger partial charge < -0.3 is 20.4 Å². The molecule has 4 N–H and O–H groups in total. The first kappa shape index (κ1) is 18.6. The van der Waals surface area contributed by atoms with Crippen molar-refractivity contribution in [2.24, 2.45) is 52.3 Å². The second kappa shape index (κ2) is 5.36. The number of hydrogen-bond donors (Lipinski definition) is 4. The Morgan fingerprint density at radius 2 is 1.61 bits per heavy atom. The van der Waals surface area contributed by atoms with Crippen molar-refractivity contribution in [1.29, 1.82) is 0 Å². The summed E-state index contributed by atoms with van der Waals surface area (Å²) in [6, 6.07) is 0. The van der Waals surface area contributed by atoms with Crippen molar-refractivity contribution in [3.63, 3.8) is 0 Å². The first-order valence-corrected chi connectivity index (χ1v) is 11.9. The fourth-order valence-electron chi connectivity index (χ4n) is 10.1. The molecule has 0 radical (unpaired) electrons. The van der Waals surface area contributed by atoms with E-state index in [1.807, 2.05) is 0 Å². The van der Waals surface area contributed by atoms with Gasteiger partial charge in [-0.15, -0.1) is 0 Å². The quantitative estimate of drug-likeness (QED) is 0.597. The molecule has 0 bridgehead atoms. The second-order valence-corrected chi connectivity index (χ2v) is 12.2. The Balaban J connectivity index is 1.38. The van der Waals surface area contributed by atoms with Crippen LogP contribution in [0.4, 0.5) is 0 Å². The lowest BCUT2D eigenvalue weighted by Crippen LogP contribution is -2.65. The zero-order valence-electron chi connectivity index (χ0n) is 17.5. The summed E-state index contributed by atoms with van der Waals surface area (Å²) in [6.45, 7) is 4.87. The summed E-state index contributed by atoms with van der Waals surface area (Å²) in [7, 11) is 0. The molecule has 0 heterocycles. The standard InChI is InChI=1S/C24H38O4/c1-21-7-4-13(26)12-24(21,28)17-10-14(17)19-16(21)5-8-22(2)20(19)15-11-18(15)23(22,27)6-3-9-25/h13-20,25-28H,3-12H2,1-2H3/t13?,14-,15?,16?,17+,18-,19?,20?,21?,22?,23-,24?/m0/s1. The normalized spacial score (nSPS) is 66.2. The Hall–Kier alpha value is -0.160. The Morgan fingerprint density at radius 3 is 2.36 bits per heavy atom. The van der Waals surface area contributed by atoms with Crippen LogP contribution in [-0.4, -0.2) is 44.3 Å².